The molecule has 0 amide bonds. The predicted octanol–water partition coefficient (Wildman–Crippen LogP) is 2.77. The zero-order valence-electron chi connectivity index (χ0n) is 15.4. The van der Waals surface area contributed by atoms with Crippen LogP contribution in [0.5, 0.6) is 0 Å². The standard InChI is InChI=1S/C20H30O6/c21-19(23-11-13-5-7-15-17(9-13)25-15)3-1-2-4-20(22)24-12-14-6-8-16-18(10-14)26-16/h13-18H,1-12H2/t13-,14-,15-,16+,17+,18-/m1/s1. The van der Waals surface area contributed by atoms with E-state index in [0.29, 0.717) is 75.1 Å². The number of hydrogen-bond donors (Lipinski definition) is 0. The van der Waals surface area contributed by atoms with Crippen LogP contribution in [0.1, 0.15) is 64.2 Å². The highest BCUT2D eigenvalue weighted by atomic mass is 16.6. The molecule has 6 nitrogen and oxygen atoms in total. The Morgan fingerprint density at radius 3 is 1.58 bits per heavy atom. The molecule has 0 radical (unpaired) electrons. The van der Waals surface area contributed by atoms with Crippen molar-refractivity contribution in [3.8, 4) is 0 Å². The van der Waals surface area contributed by atoms with Crippen LogP contribution in [0.3, 0.4) is 0 Å². The molecule has 0 spiro atoms. The molecule has 146 valence electrons. The largest absolute Gasteiger partial charge is 0.465 e. The Morgan fingerprint density at radius 2 is 1.15 bits per heavy atom. The highest BCUT2D eigenvalue weighted by Gasteiger charge is 2.44. The van der Waals surface area contributed by atoms with Gasteiger partial charge in [-0.2, -0.15) is 0 Å². The zero-order chi connectivity index (χ0) is 17.9. The Labute approximate surface area is 154 Å². The van der Waals surface area contributed by atoms with E-state index in [2.05, 4.69) is 0 Å². The molecule has 2 aliphatic heterocycles. The van der Waals surface area contributed by atoms with Gasteiger partial charge in [-0.15, -0.1) is 0 Å². The summed E-state index contributed by atoms with van der Waals surface area (Å²) in [6.07, 6.45) is 10.4. The number of esters is 2. The third-order valence-corrected chi connectivity index (χ3v) is 6.20. The van der Waals surface area contributed by atoms with E-state index in [-0.39, 0.29) is 11.9 Å². The molecule has 6 heteroatoms. The molecule has 26 heavy (non-hydrogen) atoms. The summed E-state index contributed by atoms with van der Waals surface area (Å²) in [5.74, 6) is 0.597. The minimum Gasteiger partial charge on any atom is -0.465 e. The van der Waals surface area contributed by atoms with Crippen LogP contribution >= 0.6 is 0 Å². The fraction of sp³-hybridized carbons (Fsp3) is 0.900. The highest BCUT2D eigenvalue weighted by molar-refractivity contribution is 5.70. The molecule has 0 N–H and O–H groups in total. The van der Waals surface area contributed by atoms with E-state index in [1.54, 1.807) is 0 Å². The maximum Gasteiger partial charge on any atom is 0.305 e. The van der Waals surface area contributed by atoms with Gasteiger partial charge in [-0.25, -0.2) is 0 Å². The minimum atomic E-state index is -0.154. The SMILES string of the molecule is O=C(CCCCC(=O)OC[C@@H]1CC[C@@H]2O[C@@H]2C1)OC[C@@H]1CC[C@H]2O[C@H]2C1. The van der Waals surface area contributed by atoms with Crippen molar-refractivity contribution in [3.63, 3.8) is 0 Å². The van der Waals surface area contributed by atoms with Gasteiger partial charge in [-0.3, -0.25) is 9.59 Å². The number of carbonyl (C=O) groups excluding carboxylic acids is 2. The average molecular weight is 366 g/mol. The monoisotopic (exact) mass is 366 g/mol. The van der Waals surface area contributed by atoms with E-state index in [0.717, 1.165) is 38.5 Å². The lowest BCUT2D eigenvalue weighted by molar-refractivity contribution is -0.147. The summed E-state index contributed by atoms with van der Waals surface area (Å²) in [5, 5.41) is 0. The molecule has 0 aromatic carbocycles. The number of epoxide rings is 2. The van der Waals surface area contributed by atoms with E-state index in [1.807, 2.05) is 0 Å². The summed E-state index contributed by atoms with van der Waals surface area (Å²) >= 11 is 0. The average Bonchev–Trinajstić information content (AvgIpc) is 3.55. The summed E-state index contributed by atoms with van der Waals surface area (Å²) in [5.41, 5.74) is 0. The molecule has 2 saturated carbocycles. The molecule has 0 bridgehead atoms. The van der Waals surface area contributed by atoms with Crippen molar-refractivity contribution >= 4 is 11.9 Å². The third kappa shape index (κ3) is 5.19. The Morgan fingerprint density at radius 1 is 0.692 bits per heavy atom. The molecule has 2 saturated heterocycles. The Bertz CT molecular complexity index is 474. The van der Waals surface area contributed by atoms with E-state index in [4.69, 9.17) is 18.9 Å². The van der Waals surface area contributed by atoms with Gasteiger partial charge in [0, 0.05) is 12.8 Å². The molecule has 4 aliphatic rings. The second kappa shape index (κ2) is 8.26. The van der Waals surface area contributed by atoms with E-state index in [9.17, 15) is 9.59 Å². The van der Waals surface area contributed by atoms with Crippen LogP contribution in [-0.4, -0.2) is 49.6 Å². The summed E-state index contributed by atoms with van der Waals surface area (Å²) in [6.45, 7) is 1.03. The first kappa shape index (κ1) is 18.2. The number of unbranched alkanes of at least 4 members (excludes halogenated alkanes) is 1. The first-order chi connectivity index (χ1) is 12.7. The normalized spacial score (nSPS) is 37.2. The quantitative estimate of drug-likeness (QED) is 0.355. The van der Waals surface area contributed by atoms with E-state index in [1.165, 1.54) is 0 Å². The Balaban J connectivity index is 0.992. The summed E-state index contributed by atoms with van der Waals surface area (Å²) in [4.78, 5) is 23.6. The lowest BCUT2D eigenvalue weighted by Gasteiger charge is -2.18. The number of hydrogen-bond acceptors (Lipinski definition) is 6. The maximum absolute atomic E-state index is 11.8. The Kier molecular flexibility index (Phi) is 5.79. The minimum absolute atomic E-state index is 0.154. The predicted molar refractivity (Wildman–Crippen MR) is 92.4 cm³/mol. The number of ether oxygens (including phenoxy) is 4. The molecule has 4 fully saturated rings. The number of fused-ring (bicyclic) bond motifs is 2. The Hall–Kier alpha value is -1.14. The van der Waals surface area contributed by atoms with Crippen LogP contribution in [0.15, 0.2) is 0 Å². The molecule has 4 rings (SSSR count). The van der Waals surface area contributed by atoms with Gasteiger partial charge in [-0.1, -0.05) is 0 Å². The van der Waals surface area contributed by atoms with E-state index < -0.39 is 0 Å². The van der Waals surface area contributed by atoms with Crippen molar-refractivity contribution < 1.29 is 28.5 Å². The van der Waals surface area contributed by atoms with Crippen molar-refractivity contribution in [2.75, 3.05) is 13.2 Å². The molecular weight excluding hydrogens is 336 g/mol. The first-order valence-corrected chi connectivity index (χ1v) is 10.3. The molecule has 2 aliphatic carbocycles. The van der Waals surface area contributed by atoms with Gasteiger partial charge >= 0.3 is 11.9 Å². The van der Waals surface area contributed by atoms with Gasteiger partial charge in [0.2, 0.25) is 0 Å². The van der Waals surface area contributed by atoms with Crippen molar-refractivity contribution in [2.24, 2.45) is 11.8 Å². The second-order valence-corrected chi connectivity index (χ2v) is 8.36. The van der Waals surface area contributed by atoms with Crippen LogP contribution in [-0.2, 0) is 28.5 Å². The lowest BCUT2D eigenvalue weighted by Crippen LogP contribution is -2.20. The second-order valence-electron chi connectivity index (χ2n) is 8.36. The topological polar surface area (TPSA) is 77.7 Å². The fourth-order valence-corrected chi connectivity index (χ4v) is 4.38. The number of rotatable bonds is 9. The van der Waals surface area contributed by atoms with Crippen molar-refractivity contribution in [2.45, 2.75) is 88.6 Å². The third-order valence-electron chi connectivity index (χ3n) is 6.20. The van der Waals surface area contributed by atoms with Crippen LogP contribution in [0.4, 0.5) is 0 Å². The van der Waals surface area contributed by atoms with Crippen LogP contribution in [0.2, 0.25) is 0 Å². The molecule has 0 aromatic rings. The lowest BCUT2D eigenvalue weighted by atomic mass is 9.90. The van der Waals surface area contributed by atoms with Crippen LogP contribution < -0.4 is 0 Å². The zero-order valence-corrected chi connectivity index (χ0v) is 15.4. The van der Waals surface area contributed by atoms with Crippen molar-refractivity contribution in [3.05, 3.63) is 0 Å². The summed E-state index contributed by atoms with van der Waals surface area (Å²) in [7, 11) is 0. The molecule has 2 heterocycles. The molecular formula is C20H30O6. The maximum atomic E-state index is 11.8. The van der Waals surface area contributed by atoms with Crippen LogP contribution in [0, 0.1) is 11.8 Å². The van der Waals surface area contributed by atoms with Gasteiger partial charge in [0.25, 0.3) is 0 Å². The molecule has 6 atom stereocenters. The highest BCUT2D eigenvalue weighted by Crippen LogP contribution is 2.40. The van der Waals surface area contributed by atoms with Crippen molar-refractivity contribution in [1.82, 2.24) is 0 Å². The first-order valence-electron chi connectivity index (χ1n) is 10.3. The number of carbonyl (C=O) groups is 2. The van der Waals surface area contributed by atoms with Gasteiger partial charge in [0.15, 0.2) is 0 Å². The van der Waals surface area contributed by atoms with E-state index >= 15 is 0 Å². The summed E-state index contributed by atoms with van der Waals surface area (Å²) < 4.78 is 21.7. The van der Waals surface area contributed by atoms with Crippen molar-refractivity contribution in [1.29, 1.82) is 0 Å². The summed E-state index contributed by atoms with van der Waals surface area (Å²) in [6, 6.07) is 0. The van der Waals surface area contributed by atoms with Crippen LogP contribution in [0.25, 0.3) is 0 Å². The smallest absolute Gasteiger partial charge is 0.305 e. The fourth-order valence-electron chi connectivity index (χ4n) is 4.38. The van der Waals surface area contributed by atoms with Gasteiger partial charge in [0.1, 0.15) is 0 Å². The van der Waals surface area contributed by atoms with Gasteiger partial charge in [-0.05, 0) is 63.2 Å². The molecule has 0 aromatic heterocycles. The molecule has 0 unspecified atom stereocenters. The van der Waals surface area contributed by atoms with Gasteiger partial charge < -0.3 is 18.9 Å². The van der Waals surface area contributed by atoms with Gasteiger partial charge in [0.05, 0.1) is 37.6 Å².